The molecule has 0 bridgehead atoms. The van der Waals surface area contributed by atoms with Crippen molar-refractivity contribution >= 4 is 98.3 Å². The van der Waals surface area contributed by atoms with E-state index in [2.05, 4.69) is 192 Å². The molecule has 0 radical (unpaired) electrons. The zero-order valence-electron chi connectivity index (χ0n) is 27.0. The Labute approximate surface area is 293 Å². The van der Waals surface area contributed by atoms with Crippen LogP contribution in [0.2, 0.25) is 0 Å². The standard InChI is InChI=1S/C46H30N2OS/c1-4-14-31(15-5-1)47(34-25-27-45-40(28-34)38-21-12-13-23-44(38)50-45)35-24-26-37-41-30-42(36-20-10-11-22-39(36)46(41)49-43(37)29-35)48(32-16-6-2-7-17-32)33-18-8-3-9-19-33/h1-30H. The third-order valence-electron chi connectivity index (χ3n) is 9.60. The van der Waals surface area contributed by atoms with Gasteiger partial charge < -0.3 is 14.2 Å². The molecule has 0 aliphatic rings. The number of furan rings is 1. The maximum atomic E-state index is 6.85. The molecule has 0 amide bonds. The van der Waals surface area contributed by atoms with Crippen molar-refractivity contribution in [2.45, 2.75) is 0 Å². The summed E-state index contributed by atoms with van der Waals surface area (Å²) in [5, 5.41) is 6.96. The quantitative estimate of drug-likeness (QED) is 0.177. The van der Waals surface area contributed by atoms with Crippen LogP contribution in [-0.4, -0.2) is 0 Å². The van der Waals surface area contributed by atoms with Crippen molar-refractivity contribution in [3.8, 4) is 0 Å². The Balaban J connectivity index is 1.18. The number of thiophene rings is 1. The Hall–Kier alpha value is -6.36. The first-order valence-electron chi connectivity index (χ1n) is 16.8. The van der Waals surface area contributed by atoms with Gasteiger partial charge in [0.1, 0.15) is 11.2 Å². The zero-order valence-corrected chi connectivity index (χ0v) is 27.8. The third-order valence-corrected chi connectivity index (χ3v) is 10.8. The molecule has 3 nitrogen and oxygen atoms in total. The minimum absolute atomic E-state index is 0.855. The molecule has 8 aromatic carbocycles. The van der Waals surface area contributed by atoms with E-state index in [-0.39, 0.29) is 0 Å². The number of hydrogen-bond acceptors (Lipinski definition) is 4. The molecule has 0 aliphatic heterocycles. The van der Waals surface area contributed by atoms with Crippen LogP contribution >= 0.6 is 11.3 Å². The molecule has 0 N–H and O–H groups in total. The topological polar surface area (TPSA) is 19.6 Å². The Morgan fingerprint density at radius 2 is 0.880 bits per heavy atom. The fourth-order valence-electron chi connectivity index (χ4n) is 7.35. The Morgan fingerprint density at radius 3 is 1.58 bits per heavy atom. The van der Waals surface area contributed by atoms with Crippen LogP contribution in [0.3, 0.4) is 0 Å². The highest BCUT2D eigenvalue weighted by Crippen LogP contribution is 2.46. The predicted molar refractivity (Wildman–Crippen MR) is 213 cm³/mol. The number of para-hydroxylation sites is 3. The van der Waals surface area contributed by atoms with E-state index in [1.165, 1.54) is 20.2 Å². The fraction of sp³-hybridized carbons (Fsp3) is 0. The van der Waals surface area contributed by atoms with Crippen LogP contribution in [0.15, 0.2) is 186 Å². The SMILES string of the molecule is c1ccc(N(c2ccc3c(c2)oc2c4ccccc4c(N(c4ccccc4)c4ccccc4)cc32)c2ccc3sc4ccccc4c3c2)cc1. The van der Waals surface area contributed by atoms with Crippen LogP contribution in [0.4, 0.5) is 34.1 Å². The Bertz CT molecular complexity index is 2780. The second kappa shape index (κ2) is 11.7. The summed E-state index contributed by atoms with van der Waals surface area (Å²) in [5.74, 6) is 0. The monoisotopic (exact) mass is 658 g/mol. The van der Waals surface area contributed by atoms with Gasteiger partial charge in [0, 0.05) is 76.2 Å². The van der Waals surface area contributed by atoms with E-state index in [4.69, 9.17) is 4.42 Å². The normalized spacial score (nSPS) is 11.6. The van der Waals surface area contributed by atoms with E-state index in [1.807, 2.05) is 11.3 Å². The smallest absolute Gasteiger partial charge is 0.143 e. The van der Waals surface area contributed by atoms with Crippen LogP contribution in [0.5, 0.6) is 0 Å². The number of fused-ring (bicyclic) bond motifs is 8. The lowest BCUT2D eigenvalue weighted by Crippen LogP contribution is -2.10. The van der Waals surface area contributed by atoms with Gasteiger partial charge in [-0.05, 0) is 78.9 Å². The van der Waals surface area contributed by atoms with Crippen LogP contribution in [0.25, 0.3) is 52.9 Å². The second-order valence-electron chi connectivity index (χ2n) is 12.6. The number of rotatable bonds is 6. The first kappa shape index (κ1) is 28.6. The van der Waals surface area contributed by atoms with Crippen molar-refractivity contribution < 1.29 is 4.42 Å². The van der Waals surface area contributed by atoms with Gasteiger partial charge in [-0.15, -0.1) is 11.3 Å². The van der Waals surface area contributed by atoms with Crippen molar-refractivity contribution in [1.82, 2.24) is 0 Å². The van der Waals surface area contributed by atoms with Gasteiger partial charge in [-0.1, -0.05) is 97.1 Å². The van der Waals surface area contributed by atoms with Crippen LogP contribution in [-0.2, 0) is 0 Å². The average Bonchev–Trinajstić information content (AvgIpc) is 3.74. The summed E-state index contributed by atoms with van der Waals surface area (Å²) < 4.78 is 9.44. The van der Waals surface area contributed by atoms with Crippen LogP contribution in [0, 0.1) is 0 Å². The Morgan fingerprint density at radius 1 is 0.340 bits per heavy atom. The molecular formula is C46H30N2OS. The van der Waals surface area contributed by atoms with E-state index in [9.17, 15) is 0 Å². The van der Waals surface area contributed by atoms with Gasteiger partial charge in [-0.2, -0.15) is 0 Å². The molecule has 0 atom stereocenters. The lowest BCUT2D eigenvalue weighted by Gasteiger charge is -2.27. The molecule has 4 heteroatoms. The minimum atomic E-state index is 0.855. The predicted octanol–water partition coefficient (Wildman–Crippen LogP) is 14.0. The van der Waals surface area contributed by atoms with Gasteiger partial charge in [0.15, 0.2) is 0 Å². The molecule has 0 spiro atoms. The molecule has 2 heterocycles. The summed E-state index contributed by atoms with van der Waals surface area (Å²) in [4.78, 5) is 4.67. The molecule has 10 aromatic rings. The molecule has 0 aliphatic carbocycles. The lowest BCUT2D eigenvalue weighted by molar-refractivity contribution is 0.672. The van der Waals surface area contributed by atoms with E-state index in [0.717, 1.165) is 66.8 Å². The number of benzene rings is 8. The van der Waals surface area contributed by atoms with Crippen molar-refractivity contribution in [2.24, 2.45) is 0 Å². The molecule has 50 heavy (non-hydrogen) atoms. The first-order valence-corrected chi connectivity index (χ1v) is 17.7. The minimum Gasteiger partial charge on any atom is -0.455 e. The van der Waals surface area contributed by atoms with Gasteiger partial charge in [0.05, 0.1) is 5.69 Å². The zero-order chi connectivity index (χ0) is 33.0. The summed E-state index contributed by atoms with van der Waals surface area (Å²) in [6.07, 6.45) is 0. The van der Waals surface area contributed by atoms with Crippen molar-refractivity contribution in [3.63, 3.8) is 0 Å². The van der Waals surface area contributed by atoms with E-state index in [1.54, 1.807) is 0 Å². The lowest BCUT2D eigenvalue weighted by atomic mass is 10.0. The van der Waals surface area contributed by atoms with Gasteiger partial charge in [-0.25, -0.2) is 0 Å². The van der Waals surface area contributed by atoms with Crippen molar-refractivity contribution in [1.29, 1.82) is 0 Å². The molecule has 10 rings (SSSR count). The van der Waals surface area contributed by atoms with Crippen molar-refractivity contribution in [3.05, 3.63) is 182 Å². The molecule has 0 saturated carbocycles. The van der Waals surface area contributed by atoms with Crippen LogP contribution in [0.1, 0.15) is 0 Å². The van der Waals surface area contributed by atoms with Crippen LogP contribution < -0.4 is 9.80 Å². The fourth-order valence-corrected chi connectivity index (χ4v) is 8.44. The number of hydrogen-bond donors (Lipinski definition) is 0. The second-order valence-corrected chi connectivity index (χ2v) is 13.6. The largest absolute Gasteiger partial charge is 0.455 e. The van der Waals surface area contributed by atoms with Gasteiger partial charge in [-0.3, -0.25) is 0 Å². The average molecular weight is 659 g/mol. The number of anilines is 6. The molecule has 236 valence electrons. The van der Waals surface area contributed by atoms with Gasteiger partial charge >= 0.3 is 0 Å². The highest BCUT2D eigenvalue weighted by molar-refractivity contribution is 7.25. The highest BCUT2D eigenvalue weighted by atomic mass is 32.1. The summed E-state index contributed by atoms with van der Waals surface area (Å²) in [5.41, 5.74) is 8.32. The summed E-state index contributed by atoms with van der Waals surface area (Å²) in [7, 11) is 0. The first-order chi connectivity index (χ1) is 24.8. The van der Waals surface area contributed by atoms with E-state index < -0.39 is 0 Å². The maximum Gasteiger partial charge on any atom is 0.143 e. The maximum absolute atomic E-state index is 6.85. The van der Waals surface area contributed by atoms with Gasteiger partial charge in [0.25, 0.3) is 0 Å². The molecule has 2 aromatic heterocycles. The highest BCUT2D eigenvalue weighted by Gasteiger charge is 2.21. The van der Waals surface area contributed by atoms with Crippen molar-refractivity contribution in [2.75, 3.05) is 9.80 Å². The molecule has 0 saturated heterocycles. The van der Waals surface area contributed by atoms with E-state index >= 15 is 0 Å². The number of nitrogens with zero attached hydrogens (tertiary/aromatic N) is 2. The summed E-state index contributed by atoms with van der Waals surface area (Å²) in [6.45, 7) is 0. The summed E-state index contributed by atoms with van der Waals surface area (Å²) in [6, 6.07) is 64.8. The third kappa shape index (κ3) is 4.65. The van der Waals surface area contributed by atoms with Gasteiger partial charge in [0.2, 0.25) is 0 Å². The molecule has 0 fully saturated rings. The molecule has 0 unspecified atom stereocenters. The Kier molecular flexibility index (Phi) is 6.68. The molecular weight excluding hydrogens is 629 g/mol. The van der Waals surface area contributed by atoms with E-state index in [0.29, 0.717) is 0 Å². The summed E-state index contributed by atoms with van der Waals surface area (Å²) >= 11 is 1.84.